The Morgan fingerprint density at radius 3 is 2.34 bits per heavy atom. The summed E-state index contributed by atoms with van der Waals surface area (Å²) in [5, 5.41) is 0. The molecular formula is C26H38N2O6S. The molecule has 3 atom stereocenters. The molecule has 1 saturated heterocycles. The highest BCUT2D eigenvalue weighted by Crippen LogP contribution is 2.35. The van der Waals surface area contributed by atoms with E-state index in [2.05, 4.69) is 6.92 Å². The monoisotopic (exact) mass is 506 g/mol. The maximum absolute atomic E-state index is 12.8. The highest BCUT2D eigenvalue weighted by atomic mass is 32.2. The summed E-state index contributed by atoms with van der Waals surface area (Å²) in [6.07, 6.45) is 3.69. The zero-order chi connectivity index (χ0) is 26.1. The van der Waals surface area contributed by atoms with E-state index in [1.54, 1.807) is 24.4 Å². The zero-order valence-electron chi connectivity index (χ0n) is 21.5. The molecule has 2 aromatic rings. The van der Waals surface area contributed by atoms with Crippen molar-refractivity contribution >= 4 is 15.9 Å². The number of rotatable bonds is 7. The second kappa shape index (κ2) is 10.0. The fourth-order valence-electron chi connectivity index (χ4n) is 4.63. The van der Waals surface area contributed by atoms with Crippen molar-refractivity contribution in [2.24, 2.45) is 5.92 Å². The molecule has 0 radical (unpaired) electrons. The Morgan fingerprint density at radius 2 is 1.80 bits per heavy atom. The number of amides is 1. The number of carbonyl (C=O) groups is 1. The summed E-state index contributed by atoms with van der Waals surface area (Å²) in [7, 11) is -3.31. The Morgan fingerprint density at radius 1 is 1.17 bits per heavy atom. The number of hydrogen-bond donors (Lipinski definition) is 0. The predicted octanol–water partition coefficient (Wildman–Crippen LogP) is 4.68. The maximum atomic E-state index is 12.8. The largest absolute Gasteiger partial charge is 0.488 e. The first-order valence-corrected chi connectivity index (χ1v) is 13.8. The van der Waals surface area contributed by atoms with Crippen molar-refractivity contribution in [2.75, 3.05) is 6.26 Å². The lowest BCUT2D eigenvalue weighted by Crippen LogP contribution is -2.45. The van der Waals surface area contributed by atoms with Gasteiger partial charge in [0.25, 0.3) is 5.56 Å². The number of pyridine rings is 1. The minimum Gasteiger partial charge on any atom is -0.488 e. The predicted molar refractivity (Wildman–Crippen MR) is 137 cm³/mol. The van der Waals surface area contributed by atoms with Gasteiger partial charge >= 0.3 is 6.09 Å². The van der Waals surface area contributed by atoms with E-state index < -0.39 is 15.4 Å². The first-order valence-electron chi connectivity index (χ1n) is 11.9. The van der Waals surface area contributed by atoms with Crippen LogP contribution < -0.4 is 10.3 Å². The molecule has 0 bridgehead atoms. The molecule has 194 valence electrons. The van der Waals surface area contributed by atoms with Crippen LogP contribution in [-0.2, 0) is 14.6 Å². The third kappa shape index (κ3) is 6.45. The van der Waals surface area contributed by atoms with Gasteiger partial charge in [-0.1, -0.05) is 6.92 Å². The van der Waals surface area contributed by atoms with Crippen LogP contribution in [0.25, 0.3) is 5.69 Å². The molecule has 1 amide bonds. The van der Waals surface area contributed by atoms with Gasteiger partial charge in [0, 0.05) is 44.1 Å². The van der Waals surface area contributed by atoms with Gasteiger partial charge in [-0.05, 0) is 77.3 Å². The summed E-state index contributed by atoms with van der Waals surface area (Å²) in [6.45, 7) is 11.8. The number of carbonyl (C=O) groups excluding carboxylic acids is 1. The van der Waals surface area contributed by atoms with Crippen molar-refractivity contribution in [1.29, 1.82) is 0 Å². The Kier molecular flexibility index (Phi) is 7.69. The first kappa shape index (κ1) is 26.8. The molecule has 1 aromatic heterocycles. The lowest BCUT2D eigenvalue weighted by Gasteiger charge is -2.34. The molecule has 1 aliphatic rings. The first-order chi connectivity index (χ1) is 16.2. The average molecular weight is 507 g/mol. The number of nitrogens with zero attached hydrogens (tertiary/aromatic N) is 2. The molecule has 0 aliphatic carbocycles. The third-order valence-electron chi connectivity index (χ3n) is 6.40. The van der Waals surface area contributed by atoms with Gasteiger partial charge in [-0.15, -0.1) is 0 Å². The third-order valence-corrected chi connectivity index (χ3v) is 7.53. The van der Waals surface area contributed by atoms with E-state index in [-0.39, 0.29) is 36.2 Å². The van der Waals surface area contributed by atoms with E-state index in [1.807, 2.05) is 39.5 Å². The number of benzene rings is 1. The Bertz CT molecular complexity index is 1220. The Hall–Kier alpha value is -2.81. The number of sulfone groups is 1. The summed E-state index contributed by atoms with van der Waals surface area (Å²) < 4.78 is 36.5. The van der Waals surface area contributed by atoms with E-state index in [0.717, 1.165) is 12.7 Å². The van der Waals surface area contributed by atoms with Crippen molar-refractivity contribution in [1.82, 2.24) is 9.47 Å². The van der Waals surface area contributed by atoms with Crippen LogP contribution in [-0.4, -0.2) is 54.0 Å². The number of hydrogen-bond acceptors (Lipinski definition) is 6. The Balaban J connectivity index is 0.00000456. The standard InChI is InChI=1S/C26H36N2O6S.H2/c1-17(2)33-25(30)28-19(4)18(3)14-21(28)16-26(5,6)34-22-12-13-27(24(29)15-22)20-8-10-23(11-9-20)35(7,31)32;/h8-13,15,17-19,21H,14,16H2,1-7H3;1H. The molecule has 9 heteroatoms. The fraction of sp³-hybridized carbons (Fsp3) is 0.538. The summed E-state index contributed by atoms with van der Waals surface area (Å²) >= 11 is 0. The second-order valence-electron chi connectivity index (χ2n) is 10.3. The van der Waals surface area contributed by atoms with Gasteiger partial charge in [0.15, 0.2) is 9.84 Å². The molecule has 0 spiro atoms. The smallest absolute Gasteiger partial charge is 0.410 e. The van der Waals surface area contributed by atoms with Crippen LogP contribution in [0.5, 0.6) is 5.75 Å². The number of aromatic nitrogens is 1. The van der Waals surface area contributed by atoms with E-state index in [0.29, 0.717) is 23.8 Å². The molecule has 1 fully saturated rings. The normalized spacial score (nSPS) is 20.8. The average Bonchev–Trinajstić information content (AvgIpc) is 2.99. The van der Waals surface area contributed by atoms with Crippen LogP contribution in [0, 0.1) is 5.92 Å². The quantitative estimate of drug-likeness (QED) is 0.541. The highest BCUT2D eigenvalue weighted by Gasteiger charge is 2.43. The SMILES string of the molecule is CC(C)OC(=O)N1C(CC(C)(C)Oc2ccn(-c3ccc(S(C)(=O)=O)cc3)c(=O)c2)CC(C)C1C.[HH]. The van der Waals surface area contributed by atoms with Gasteiger partial charge in [-0.3, -0.25) is 9.36 Å². The summed E-state index contributed by atoms with van der Waals surface area (Å²) in [5.74, 6) is 0.771. The summed E-state index contributed by atoms with van der Waals surface area (Å²) in [4.78, 5) is 27.5. The van der Waals surface area contributed by atoms with Crippen molar-refractivity contribution < 1.29 is 24.1 Å². The molecular weight excluding hydrogens is 468 g/mol. The Labute approximate surface area is 209 Å². The van der Waals surface area contributed by atoms with Gasteiger partial charge in [-0.2, -0.15) is 0 Å². The molecule has 1 aliphatic heterocycles. The van der Waals surface area contributed by atoms with Gasteiger partial charge < -0.3 is 14.4 Å². The van der Waals surface area contributed by atoms with Crippen LogP contribution in [0.1, 0.15) is 55.8 Å². The molecule has 3 rings (SSSR count). The molecule has 1 aromatic carbocycles. The van der Waals surface area contributed by atoms with Gasteiger partial charge in [0.2, 0.25) is 0 Å². The van der Waals surface area contributed by atoms with Gasteiger partial charge in [0.1, 0.15) is 11.4 Å². The molecule has 3 unspecified atom stereocenters. The topological polar surface area (TPSA) is 94.9 Å². The lowest BCUT2D eigenvalue weighted by molar-refractivity contribution is 0.0367. The van der Waals surface area contributed by atoms with Crippen molar-refractivity contribution in [2.45, 2.75) is 83.1 Å². The maximum Gasteiger partial charge on any atom is 0.410 e. The van der Waals surface area contributed by atoms with Crippen LogP contribution in [0.15, 0.2) is 52.3 Å². The van der Waals surface area contributed by atoms with Crippen LogP contribution >= 0.6 is 0 Å². The lowest BCUT2D eigenvalue weighted by atomic mass is 9.94. The van der Waals surface area contributed by atoms with Crippen LogP contribution in [0.3, 0.4) is 0 Å². The second-order valence-corrected chi connectivity index (χ2v) is 12.4. The van der Waals surface area contributed by atoms with Crippen molar-refractivity contribution in [3.05, 3.63) is 52.9 Å². The van der Waals surface area contributed by atoms with Gasteiger partial charge in [0.05, 0.1) is 11.0 Å². The van der Waals surface area contributed by atoms with Crippen molar-refractivity contribution in [3.8, 4) is 11.4 Å². The molecule has 0 saturated carbocycles. The van der Waals surface area contributed by atoms with Crippen LogP contribution in [0.4, 0.5) is 4.79 Å². The summed E-state index contributed by atoms with van der Waals surface area (Å²) in [5.41, 5.74) is -0.377. The van der Waals surface area contributed by atoms with E-state index in [9.17, 15) is 18.0 Å². The molecule has 0 N–H and O–H groups in total. The number of ether oxygens (including phenoxy) is 2. The zero-order valence-corrected chi connectivity index (χ0v) is 22.3. The molecule has 2 heterocycles. The summed E-state index contributed by atoms with van der Waals surface area (Å²) in [6, 6.07) is 9.30. The van der Waals surface area contributed by atoms with Crippen LogP contribution in [0.2, 0.25) is 0 Å². The molecule has 35 heavy (non-hydrogen) atoms. The number of likely N-dealkylation sites (tertiary alicyclic amines) is 1. The van der Waals surface area contributed by atoms with E-state index in [4.69, 9.17) is 9.47 Å². The van der Waals surface area contributed by atoms with E-state index in [1.165, 1.54) is 22.8 Å². The van der Waals surface area contributed by atoms with Gasteiger partial charge in [-0.25, -0.2) is 13.2 Å². The van der Waals surface area contributed by atoms with E-state index >= 15 is 0 Å². The minimum absolute atomic E-state index is 0. The highest BCUT2D eigenvalue weighted by molar-refractivity contribution is 7.90. The van der Waals surface area contributed by atoms with Crippen molar-refractivity contribution in [3.63, 3.8) is 0 Å². The fourth-order valence-corrected chi connectivity index (χ4v) is 5.26. The molecule has 8 nitrogen and oxygen atoms in total. The minimum atomic E-state index is -3.31.